The van der Waals surface area contributed by atoms with Gasteiger partial charge in [-0.25, -0.2) is 0 Å². The quantitative estimate of drug-likeness (QED) is 0.462. The van der Waals surface area contributed by atoms with Gasteiger partial charge in [-0.05, 0) is 12.8 Å². The monoisotopic (exact) mass is 252 g/mol. The Morgan fingerprint density at radius 3 is 2.12 bits per heavy atom. The van der Waals surface area contributed by atoms with E-state index in [1.807, 2.05) is 0 Å². The van der Waals surface area contributed by atoms with E-state index in [2.05, 4.69) is 6.92 Å². The van der Waals surface area contributed by atoms with E-state index in [1.54, 1.807) is 0 Å². The smallest absolute Gasteiger partial charge is 0.264 e. The van der Waals surface area contributed by atoms with Gasteiger partial charge in [0.2, 0.25) is 0 Å². The third kappa shape index (κ3) is 11.9. The predicted octanol–water partition coefficient (Wildman–Crippen LogP) is 2.38. The lowest BCUT2D eigenvalue weighted by atomic mass is 10.1. The summed E-state index contributed by atoms with van der Waals surface area (Å²) in [5.41, 5.74) is 0. The molecule has 1 atom stereocenters. The zero-order valence-corrected chi connectivity index (χ0v) is 10.9. The third-order valence-corrected chi connectivity index (χ3v) is 3.35. The van der Waals surface area contributed by atoms with Gasteiger partial charge in [0.15, 0.2) is 0 Å². The molecule has 16 heavy (non-hydrogen) atoms. The number of aliphatic hydroxyl groups is 1. The molecule has 0 aliphatic carbocycles. The minimum Gasteiger partial charge on any atom is -0.393 e. The van der Waals surface area contributed by atoms with E-state index in [-0.39, 0.29) is 12.2 Å². The van der Waals surface area contributed by atoms with Crippen molar-refractivity contribution < 1.29 is 18.1 Å². The van der Waals surface area contributed by atoms with Crippen molar-refractivity contribution in [3.63, 3.8) is 0 Å². The summed E-state index contributed by atoms with van der Waals surface area (Å²) in [5.74, 6) is -0.343. The SMILES string of the molecule is CCCCCCCCC(O)CCS(=O)(=O)O. The van der Waals surface area contributed by atoms with Crippen LogP contribution in [-0.2, 0) is 10.1 Å². The highest BCUT2D eigenvalue weighted by Crippen LogP contribution is 2.10. The van der Waals surface area contributed by atoms with Crippen LogP contribution in [0.2, 0.25) is 0 Å². The average molecular weight is 252 g/mol. The van der Waals surface area contributed by atoms with Crippen LogP contribution in [0.25, 0.3) is 0 Å². The standard InChI is InChI=1S/C11H24O4S/c1-2-3-4-5-6-7-8-11(12)9-10-16(13,14)15/h11-12H,2-10H2,1H3,(H,13,14,15). The molecule has 0 amide bonds. The first-order valence-electron chi connectivity index (χ1n) is 6.09. The Labute approximate surface area is 98.8 Å². The Hall–Kier alpha value is -0.130. The molecule has 0 aliphatic heterocycles. The van der Waals surface area contributed by atoms with E-state index >= 15 is 0 Å². The maximum Gasteiger partial charge on any atom is 0.264 e. The fraction of sp³-hybridized carbons (Fsp3) is 1.00. The van der Waals surface area contributed by atoms with Crippen LogP contribution in [-0.4, -0.2) is 29.9 Å². The lowest BCUT2D eigenvalue weighted by Gasteiger charge is -2.08. The van der Waals surface area contributed by atoms with Crippen molar-refractivity contribution in [2.75, 3.05) is 5.75 Å². The van der Waals surface area contributed by atoms with Crippen LogP contribution in [0.3, 0.4) is 0 Å². The summed E-state index contributed by atoms with van der Waals surface area (Å²) >= 11 is 0. The van der Waals surface area contributed by atoms with Gasteiger partial charge >= 0.3 is 0 Å². The molecule has 1 unspecified atom stereocenters. The summed E-state index contributed by atoms with van der Waals surface area (Å²) in [6.45, 7) is 2.17. The maximum absolute atomic E-state index is 10.4. The molecule has 0 fully saturated rings. The number of hydrogen-bond acceptors (Lipinski definition) is 3. The Kier molecular flexibility index (Phi) is 8.89. The molecule has 5 heteroatoms. The van der Waals surface area contributed by atoms with Crippen LogP contribution < -0.4 is 0 Å². The third-order valence-electron chi connectivity index (χ3n) is 2.60. The fourth-order valence-electron chi connectivity index (χ4n) is 1.59. The molecule has 98 valence electrons. The van der Waals surface area contributed by atoms with Gasteiger partial charge in [-0.15, -0.1) is 0 Å². The number of aliphatic hydroxyl groups excluding tert-OH is 1. The molecule has 0 spiro atoms. The molecule has 0 aromatic carbocycles. The first-order chi connectivity index (χ1) is 7.45. The Morgan fingerprint density at radius 1 is 1.00 bits per heavy atom. The Balaban J connectivity index is 3.34. The molecule has 0 saturated carbocycles. The van der Waals surface area contributed by atoms with Crippen LogP contribution in [0.15, 0.2) is 0 Å². The van der Waals surface area contributed by atoms with Gasteiger partial charge in [-0.1, -0.05) is 45.4 Å². The van der Waals surface area contributed by atoms with Crippen LogP contribution in [0.1, 0.15) is 58.3 Å². The van der Waals surface area contributed by atoms with E-state index in [1.165, 1.54) is 25.7 Å². The second kappa shape index (κ2) is 8.96. The summed E-state index contributed by atoms with van der Waals surface area (Å²) in [4.78, 5) is 0. The minimum atomic E-state index is -3.92. The first kappa shape index (κ1) is 15.9. The highest BCUT2D eigenvalue weighted by molar-refractivity contribution is 7.85. The molecule has 0 aromatic heterocycles. The Bertz CT molecular complexity index is 249. The molecule has 0 saturated heterocycles. The molecular weight excluding hydrogens is 228 g/mol. The van der Waals surface area contributed by atoms with Gasteiger partial charge < -0.3 is 5.11 Å². The van der Waals surface area contributed by atoms with Gasteiger partial charge in [0.25, 0.3) is 10.1 Å². The van der Waals surface area contributed by atoms with Gasteiger partial charge in [-0.2, -0.15) is 8.42 Å². The summed E-state index contributed by atoms with van der Waals surface area (Å²) in [6.07, 6.45) is 7.06. The molecule has 4 nitrogen and oxygen atoms in total. The average Bonchev–Trinajstić information content (AvgIpc) is 2.19. The van der Waals surface area contributed by atoms with Crippen LogP contribution in [0.4, 0.5) is 0 Å². The van der Waals surface area contributed by atoms with Crippen molar-refractivity contribution in [2.45, 2.75) is 64.4 Å². The molecule has 0 bridgehead atoms. The topological polar surface area (TPSA) is 74.6 Å². The highest BCUT2D eigenvalue weighted by Gasteiger charge is 2.10. The van der Waals surface area contributed by atoms with Crippen molar-refractivity contribution in [1.82, 2.24) is 0 Å². The van der Waals surface area contributed by atoms with E-state index in [0.29, 0.717) is 6.42 Å². The van der Waals surface area contributed by atoms with Crippen molar-refractivity contribution in [2.24, 2.45) is 0 Å². The number of hydrogen-bond donors (Lipinski definition) is 2. The largest absolute Gasteiger partial charge is 0.393 e. The number of rotatable bonds is 10. The summed E-state index contributed by atoms with van der Waals surface area (Å²) in [5, 5.41) is 9.44. The van der Waals surface area contributed by atoms with Crippen LogP contribution in [0, 0.1) is 0 Å². The lowest BCUT2D eigenvalue weighted by molar-refractivity contribution is 0.156. The maximum atomic E-state index is 10.4. The molecule has 0 aliphatic rings. The van der Waals surface area contributed by atoms with Crippen molar-refractivity contribution >= 4 is 10.1 Å². The van der Waals surface area contributed by atoms with E-state index in [0.717, 1.165) is 12.8 Å². The van der Waals surface area contributed by atoms with Gasteiger partial charge in [0, 0.05) is 0 Å². The molecule has 0 rings (SSSR count). The first-order valence-corrected chi connectivity index (χ1v) is 7.70. The molecule has 0 heterocycles. The molecule has 0 aromatic rings. The second-order valence-corrected chi connectivity index (χ2v) is 5.86. The molecule has 2 N–H and O–H groups in total. The summed E-state index contributed by atoms with van der Waals surface area (Å²) in [7, 11) is -3.92. The molecule has 0 radical (unpaired) electrons. The summed E-state index contributed by atoms with van der Waals surface area (Å²) in [6, 6.07) is 0. The zero-order chi connectivity index (χ0) is 12.4. The van der Waals surface area contributed by atoms with Crippen molar-refractivity contribution in [3.8, 4) is 0 Å². The van der Waals surface area contributed by atoms with Crippen molar-refractivity contribution in [3.05, 3.63) is 0 Å². The molecular formula is C11H24O4S. The van der Waals surface area contributed by atoms with E-state index in [4.69, 9.17) is 4.55 Å². The zero-order valence-electron chi connectivity index (χ0n) is 10.1. The van der Waals surface area contributed by atoms with Crippen molar-refractivity contribution in [1.29, 1.82) is 0 Å². The second-order valence-electron chi connectivity index (χ2n) is 4.28. The van der Waals surface area contributed by atoms with Gasteiger partial charge in [0.05, 0.1) is 11.9 Å². The van der Waals surface area contributed by atoms with Gasteiger partial charge in [-0.3, -0.25) is 4.55 Å². The van der Waals surface area contributed by atoms with E-state index in [9.17, 15) is 13.5 Å². The lowest BCUT2D eigenvalue weighted by Crippen LogP contribution is -2.14. The van der Waals surface area contributed by atoms with Crippen LogP contribution >= 0.6 is 0 Å². The summed E-state index contributed by atoms with van der Waals surface area (Å²) < 4.78 is 29.4. The predicted molar refractivity (Wildman–Crippen MR) is 65.0 cm³/mol. The van der Waals surface area contributed by atoms with Crippen LogP contribution in [0.5, 0.6) is 0 Å². The van der Waals surface area contributed by atoms with E-state index < -0.39 is 16.2 Å². The Morgan fingerprint density at radius 2 is 1.56 bits per heavy atom. The number of unbranched alkanes of at least 4 members (excludes halogenated alkanes) is 5. The highest BCUT2D eigenvalue weighted by atomic mass is 32.2. The normalized spacial score (nSPS) is 13.9. The minimum absolute atomic E-state index is 0.133. The fourth-order valence-corrected chi connectivity index (χ4v) is 2.16. The van der Waals surface area contributed by atoms with Gasteiger partial charge in [0.1, 0.15) is 0 Å².